The Morgan fingerprint density at radius 1 is 1.09 bits per heavy atom. The van der Waals surface area contributed by atoms with Crippen molar-refractivity contribution in [1.29, 1.82) is 0 Å². The molecule has 0 fully saturated rings. The number of aromatic hydroxyl groups is 1. The van der Waals surface area contributed by atoms with Crippen LogP contribution in [0.1, 0.15) is 78.8 Å². The van der Waals surface area contributed by atoms with E-state index >= 15 is 0 Å². The van der Waals surface area contributed by atoms with Crippen LogP contribution in [0.5, 0.6) is 5.75 Å². The van der Waals surface area contributed by atoms with E-state index in [-0.39, 0.29) is 23.6 Å². The van der Waals surface area contributed by atoms with E-state index in [4.69, 9.17) is 4.74 Å². The van der Waals surface area contributed by atoms with E-state index in [1.54, 1.807) is 49.6 Å². The van der Waals surface area contributed by atoms with Gasteiger partial charge in [0, 0.05) is 12.6 Å². The number of benzene rings is 1. The van der Waals surface area contributed by atoms with Gasteiger partial charge in [-0.25, -0.2) is 4.79 Å². The minimum Gasteiger partial charge on any atom is -0.508 e. The number of carbonyl (C=O) groups excluding carboxylic acids is 3. The smallest absolute Gasteiger partial charge is 0.408 e. The number of nitrogens with zero attached hydrogens (tertiary/aromatic N) is 1. The van der Waals surface area contributed by atoms with Crippen molar-refractivity contribution in [3.05, 3.63) is 29.8 Å². The number of phenolic OH excluding ortho intramolecular Hbond substituents is 1. The molecule has 0 saturated heterocycles. The van der Waals surface area contributed by atoms with Crippen molar-refractivity contribution < 1.29 is 24.2 Å². The molecule has 198 valence electrons. The van der Waals surface area contributed by atoms with Crippen LogP contribution in [0.25, 0.3) is 0 Å². The molecule has 1 aromatic carbocycles. The van der Waals surface area contributed by atoms with Gasteiger partial charge in [-0.3, -0.25) is 9.59 Å². The summed E-state index contributed by atoms with van der Waals surface area (Å²) >= 11 is 1.57. The summed E-state index contributed by atoms with van der Waals surface area (Å²) in [5.41, 5.74) is -0.115. The number of phenols is 1. The van der Waals surface area contributed by atoms with Crippen LogP contribution < -0.4 is 10.6 Å². The first-order chi connectivity index (χ1) is 16.4. The Labute approximate surface area is 214 Å². The number of thioether (sulfide) groups is 1. The third kappa shape index (κ3) is 11.2. The summed E-state index contributed by atoms with van der Waals surface area (Å²) in [4.78, 5) is 41.4. The molecule has 2 unspecified atom stereocenters. The van der Waals surface area contributed by atoms with E-state index in [1.807, 2.05) is 20.1 Å². The van der Waals surface area contributed by atoms with Gasteiger partial charge in [-0.2, -0.15) is 11.8 Å². The van der Waals surface area contributed by atoms with Crippen molar-refractivity contribution in [3.63, 3.8) is 0 Å². The van der Waals surface area contributed by atoms with Crippen molar-refractivity contribution in [3.8, 4) is 5.75 Å². The summed E-state index contributed by atoms with van der Waals surface area (Å²) in [7, 11) is 0. The van der Waals surface area contributed by atoms with Crippen LogP contribution >= 0.6 is 11.8 Å². The number of hydrogen-bond acceptors (Lipinski definition) is 6. The van der Waals surface area contributed by atoms with Gasteiger partial charge >= 0.3 is 6.09 Å². The van der Waals surface area contributed by atoms with Crippen LogP contribution in [-0.2, 0) is 14.3 Å². The predicted molar refractivity (Wildman–Crippen MR) is 142 cm³/mol. The van der Waals surface area contributed by atoms with Gasteiger partial charge < -0.3 is 25.4 Å². The van der Waals surface area contributed by atoms with E-state index in [0.29, 0.717) is 30.7 Å². The van der Waals surface area contributed by atoms with E-state index in [2.05, 4.69) is 17.6 Å². The van der Waals surface area contributed by atoms with Crippen molar-refractivity contribution in [1.82, 2.24) is 15.5 Å². The normalized spacial score (nSPS) is 13.1. The molecule has 0 aliphatic heterocycles. The second-order valence-corrected chi connectivity index (χ2v) is 10.9. The van der Waals surface area contributed by atoms with Crippen LogP contribution in [0.4, 0.5) is 4.79 Å². The first-order valence-corrected chi connectivity index (χ1v) is 13.7. The molecular formula is C26H43N3O5S. The van der Waals surface area contributed by atoms with Crippen LogP contribution in [-0.4, -0.2) is 64.2 Å². The van der Waals surface area contributed by atoms with E-state index in [0.717, 1.165) is 12.8 Å². The molecule has 9 heteroatoms. The van der Waals surface area contributed by atoms with Crippen LogP contribution in [0, 0.1) is 0 Å². The maximum atomic E-state index is 13.9. The fraction of sp³-hybridized carbons (Fsp3) is 0.654. The number of alkyl carbamates (subject to hydrolysis) is 1. The van der Waals surface area contributed by atoms with Gasteiger partial charge in [0.1, 0.15) is 23.4 Å². The minimum absolute atomic E-state index is 0.0741. The van der Waals surface area contributed by atoms with Crippen LogP contribution in [0.2, 0.25) is 0 Å². The Hall–Kier alpha value is -2.42. The Morgan fingerprint density at radius 3 is 2.23 bits per heavy atom. The lowest BCUT2D eigenvalue weighted by Crippen LogP contribution is -2.53. The fourth-order valence-corrected chi connectivity index (χ4v) is 4.01. The maximum absolute atomic E-state index is 13.9. The summed E-state index contributed by atoms with van der Waals surface area (Å²) in [6.07, 6.45) is 4.23. The topological polar surface area (TPSA) is 108 Å². The van der Waals surface area contributed by atoms with Crippen LogP contribution in [0.15, 0.2) is 24.3 Å². The Morgan fingerprint density at radius 2 is 1.71 bits per heavy atom. The van der Waals surface area contributed by atoms with Crippen molar-refractivity contribution in [2.45, 2.75) is 91.0 Å². The van der Waals surface area contributed by atoms with Gasteiger partial charge in [-0.1, -0.05) is 31.9 Å². The number of hydrogen-bond donors (Lipinski definition) is 3. The summed E-state index contributed by atoms with van der Waals surface area (Å²) < 4.78 is 5.40. The number of nitrogens with one attached hydrogen (secondary N) is 2. The molecular weight excluding hydrogens is 466 g/mol. The summed E-state index contributed by atoms with van der Waals surface area (Å²) in [5.74, 6) is 0.0799. The molecule has 0 radical (unpaired) electrons. The minimum atomic E-state index is -0.903. The zero-order valence-electron chi connectivity index (χ0n) is 22.2. The molecule has 3 N–H and O–H groups in total. The molecule has 1 aromatic rings. The van der Waals surface area contributed by atoms with Gasteiger partial charge in [0.2, 0.25) is 11.8 Å². The second-order valence-electron chi connectivity index (χ2n) is 9.88. The molecule has 2 atom stereocenters. The van der Waals surface area contributed by atoms with E-state index < -0.39 is 23.8 Å². The highest BCUT2D eigenvalue weighted by Crippen LogP contribution is 2.26. The molecule has 3 amide bonds. The third-order valence-electron chi connectivity index (χ3n) is 5.09. The molecule has 0 aliphatic carbocycles. The molecule has 0 aliphatic rings. The molecule has 0 bridgehead atoms. The van der Waals surface area contributed by atoms with Crippen molar-refractivity contribution in [2.75, 3.05) is 18.6 Å². The van der Waals surface area contributed by atoms with Gasteiger partial charge in [0.25, 0.3) is 0 Å². The van der Waals surface area contributed by atoms with E-state index in [9.17, 15) is 19.5 Å². The van der Waals surface area contributed by atoms with Crippen molar-refractivity contribution in [2.24, 2.45) is 0 Å². The number of amides is 3. The lowest BCUT2D eigenvalue weighted by atomic mass is 10.0. The first kappa shape index (κ1) is 30.6. The predicted octanol–water partition coefficient (Wildman–Crippen LogP) is 4.62. The van der Waals surface area contributed by atoms with Gasteiger partial charge in [0.05, 0.1) is 0 Å². The summed E-state index contributed by atoms with van der Waals surface area (Å²) in [6, 6.07) is 4.44. The third-order valence-corrected chi connectivity index (χ3v) is 5.73. The Bertz CT molecular complexity index is 808. The van der Waals surface area contributed by atoms with Crippen molar-refractivity contribution >= 4 is 29.7 Å². The molecule has 0 spiro atoms. The number of carbonyl (C=O) groups is 3. The molecule has 1 rings (SSSR count). The highest BCUT2D eigenvalue weighted by Gasteiger charge is 2.36. The quantitative estimate of drug-likeness (QED) is 0.335. The SMILES string of the molecule is CCCCCN(C(=O)C(CCSC)NC(=O)OC(C)(C)C)C(C(=O)NC(C)C)c1ccc(O)cc1. The molecule has 0 aromatic heterocycles. The Balaban J connectivity index is 3.41. The number of rotatable bonds is 13. The second kappa shape index (κ2) is 14.9. The Kier molecular flexibility index (Phi) is 13.0. The van der Waals surface area contributed by atoms with Crippen LogP contribution in [0.3, 0.4) is 0 Å². The summed E-state index contributed by atoms with van der Waals surface area (Å²) in [6.45, 7) is 11.4. The highest BCUT2D eigenvalue weighted by molar-refractivity contribution is 7.98. The lowest BCUT2D eigenvalue weighted by Gasteiger charge is -2.35. The zero-order chi connectivity index (χ0) is 26.6. The molecule has 0 heterocycles. The molecule has 8 nitrogen and oxygen atoms in total. The maximum Gasteiger partial charge on any atom is 0.408 e. The monoisotopic (exact) mass is 509 g/mol. The average Bonchev–Trinajstić information content (AvgIpc) is 2.75. The average molecular weight is 510 g/mol. The van der Waals surface area contributed by atoms with E-state index in [1.165, 1.54) is 12.1 Å². The van der Waals surface area contributed by atoms with Gasteiger partial charge in [-0.15, -0.1) is 0 Å². The summed E-state index contributed by atoms with van der Waals surface area (Å²) in [5, 5.41) is 15.4. The van der Waals surface area contributed by atoms with Gasteiger partial charge in [-0.05, 0) is 77.2 Å². The highest BCUT2D eigenvalue weighted by atomic mass is 32.2. The largest absolute Gasteiger partial charge is 0.508 e. The van der Waals surface area contributed by atoms with Gasteiger partial charge in [0.15, 0.2) is 0 Å². The first-order valence-electron chi connectivity index (χ1n) is 12.3. The molecule has 0 saturated carbocycles. The lowest BCUT2D eigenvalue weighted by molar-refractivity contribution is -0.142. The number of unbranched alkanes of at least 4 members (excludes halogenated alkanes) is 2. The fourth-order valence-electron chi connectivity index (χ4n) is 3.53. The number of ether oxygens (including phenoxy) is 1. The standard InChI is InChI=1S/C26H43N3O5S/c1-8-9-10-16-29(22(23(31)27-18(2)3)19-11-13-20(30)14-12-19)24(32)21(15-17-35-7)28-25(33)34-26(4,5)6/h11-14,18,21-22,30H,8-10,15-17H2,1-7H3,(H,27,31)(H,28,33). The molecule has 35 heavy (non-hydrogen) atoms. The zero-order valence-corrected chi connectivity index (χ0v) is 23.0.